The van der Waals surface area contributed by atoms with Crippen LogP contribution in [0.25, 0.3) is 0 Å². The van der Waals surface area contributed by atoms with Crippen LogP contribution in [0.15, 0.2) is 18.2 Å². The van der Waals surface area contributed by atoms with Gasteiger partial charge in [0.2, 0.25) is 11.8 Å². The first kappa shape index (κ1) is 23.5. The van der Waals surface area contributed by atoms with Crippen molar-refractivity contribution >= 4 is 29.4 Å². The highest BCUT2D eigenvalue weighted by atomic mass is 16.5. The van der Waals surface area contributed by atoms with E-state index in [4.69, 9.17) is 4.74 Å². The maximum absolute atomic E-state index is 13.2. The lowest BCUT2D eigenvalue weighted by Crippen LogP contribution is -2.50. The van der Waals surface area contributed by atoms with Crippen LogP contribution in [0.5, 0.6) is 0 Å². The van der Waals surface area contributed by atoms with Crippen LogP contribution in [0.4, 0.5) is 5.69 Å². The van der Waals surface area contributed by atoms with Crippen LogP contribution in [-0.2, 0) is 36.8 Å². The molecule has 1 heterocycles. The summed E-state index contributed by atoms with van der Waals surface area (Å²) in [4.78, 5) is 53.1. The highest BCUT2D eigenvalue weighted by Crippen LogP contribution is 2.56. The van der Waals surface area contributed by atoms with Crippen molar-refractivity contribution in [2.24, 2.45) is 29.6 Å². The number of carbonyl (C=O) groups excluding carboxylic acids is 4. The van der Waals surface area contributed by atoms with Crippen LogP contribution in [0.2, 0.25) is 0 Å². The molecule has 1 aliphatic heterocycles. The van der Waals surface area contributed by atoms with E-state index < -0.39 is 24.5 Å². The highest BCUT2D eigenvalue weighted by Gasteiger charge is 2.62. The average Bonchev–Trinajstić information content (AvgIpc) is 3.47. The number of imide groups is 1. The van der Waals surface area contributed by atoms with Gasteiger partial charge in [-0.2, -0.15) is 0 Å². The molecule has 7 nitrogen and oxygen atoms in total. The summed E-state index contributed by atoms with van der Waals surface area (Å²) < 4.78 is 5.35. The predicted molar refractivity (Wildman–Crippen MR) is 123 cm³/mol. The fourth-order valence-electron chi connectivity index (χ4n) is 6.18. The molecule has 2 aliphatic carbocycles. The quantitative estimate of drug-likeness (QED) is 0.480. The number of esters is 1. The minimum Gasteiger partial charge on any atom is -0.454 e. The number of likely N-dealkylation sites (tertiary alicyclic amines) is 1. The number of ether oxygens (including phenoxy) is 1. The molecule has 7 heteroatoms. The Morgan fingerprint density at radius 3 is 2.06 bits per heavy atom. The summed E-state index contributed by atoms with van der Waals surface area (Å²) in [7, 11) is 0. The van der Waals surface area contributed by atoms with Crippen molar-refractivity contribution in [1.29, 1.82) is 0 Å². The number of nitrogens with zero attached hydrogens (tertiary/aromatic N) is 1. The first-order chi connectivity index (χ1) is 15.8. The van der Waals surface area contributed by atoms with Gasteiger partial charge in [-0.1, -0.05) is 45.9 Å². The fraction of sp³-hybridized carbons (Fsp3) is 0.615. The molecule has 1 aromatic rings. The van der Waals surface area contributed by atoms with Gasteiger partial charge in [-0.15, -0.1) is 0 Å². The van der Waals surface area contributed by atoms with Gasteiger partial charge in [-0.3, -0.25) is 19.3 Å². The Morgan fingerprint density at radius 1 is 1.03 bits per heavy atom. The lowest BCUT2D eigenvalue weighted by atomic mass is 9.81. The maximum Gasteiger partial charge on any atom is 0.330 e. The zero-order valence-electron chi connectivity index (χ0n) is 19.9. The van der Waals surface area contributed by atoms with E-state index in [2.05, 4.69) is 5.32 Å². The largest absolute Gasteiger partial charge is 0.454 e. The van der Waals surface area contributed by atoms with E-state index >= 15 is 0 Å². The molecule has 4 rings (SSSR count). The van der Waals surface area contributed by atoms with Crippen molar-refractivity contribution in [2.75, 3.05) is 11.9 Å². The number of hydrogen-bond donors (Lipinski definition) is 1. The van der Waals surface area contributed by atoms with Gasteiger partial charge in [0, 0.05) is 5.69 Å². The number of fused-ring (bicyclic) bond motifs is 5. The van der Waals surface area contributed by atoms with Crippen molar-refractivity contribution in [3.8, 4) is 0 Å². The third-order valence-electron chi connectivity index (χ3n) is 7.72. The summed E-state index contributed by atoms with van der Waals surface area (Å²) in [5.74, 6) is -1.98. The molecule has 0 unspecified atom stereocenters. The van der Waals surface area contributed by atoms with Crippen LogP contribution in [0.3, 0.4) is 0 Å². The number of para-hydroxylation sites is 1. The first-order valence-corrected chi connectivity index (χ1v) is 12.2. The average molecular weight is 455 g/mol. The molecule has 3 fully saturated rings. The number of hydrogen-bond acceptors (Lipinski definition) is 5. The number of rotatable bonds is 8. The minimum absolute atomic E-state index is 0.234. The second-order valence-corrected chi connectivity index (χ2v) is 9.93. The molecular weight excluding hydrogens is 420 g/mol. The second kappa shape index (κ2) is 9.27. The SMILES string of the molecule is CCc1cccc(CC)c1NC(=O)COC(=O)[C@H](C(C)C)N1C(=O)[C@H]2[C@H]3CC[C@@H](C3)[C@@H]2C1=O. The summed E-state index contributed by atoms with van der Waals surface area (Å²) >= 11 is 0. The maximum atomic E-state index is 13.2. The monoisotopic (exact) mass is 454 g/mol. The molecule has 33 heavy (non-hydrogen) atoms. The van der Waals surface area contributed by atoms with Gasteiger partial charge in [0.05, 0.1) is 11.8 Å². The lowest BCUT2D eigenvalue weighted by molar-refractivity contribution is -0.162. The van der Waals surface area contributed by atoms with Crippen molar-refractivity contribution in [3.05, 3.63) is 29.3 Å². The minimum atomic E-state index is -1.00. The first-order valence-electron chi connectivity index (χ1n) is 12.2. The van der Waals surface area contributed by atoms with Crippen molar-refractivity contribution in [3.63, 3.8) is 0 Å². The molecule has 2 saturated carbocycles. The van der Waals surface area contributed by atoms with E-state index in [1.807, 2.05) is 32.0 Å². The molecular formula is C26H34N2O5. The van der Waals surface area contributed by atoms with Gasteiger partial charge in [-0.05, 0) is 61.0 Å². The number of amides is 3. The molecule has 3 amide bonds. The molecule has 1 saturated heterocycles. The van der Waals surface area contributed by atoms with Gasteiger partial charge in [0.15, 0.2) is 6.61 Å². The number of carbonyl (C=O) groups is 4. The number of anilines is 1. The Morgan fingerprint density at radius 2 is 1.58 bits per heavy atom. The van der Waals surface area contributed by atoms with Crippen LogP contribution in [0, 0.1) is 29.6 Å². The third kappa shape index (κ3) is 4.06. The smallest absolute Gasteiger partial charge is 0.330 e. The summed E-state index contributed by atoms with van der Waals surface area (Å²) in [6.45, 7) is 7.16. The Kier molecular flexibility index (Phi) is 6.59. The van der Waals surface area contributed by atoms with Gasteiger partial charge in [0.25, 0.3) is 5.91 Å². The van der Waals surface area contributed by atoms with Crippen molar-refractivity contribution in [1.82, 2.24) is 4.90 Å². The lowest BCUT2D eigenvalue weighted by Gasteiger charge is -2.28. The van der Waals surface area contributed by atoms with Gasteiger partial charge in [-0.25, -0.2) is 4.79 Å². The van der Waals surface area contributed by atoms with E-state index in [0.29, 0.717) is 0 Å². The van der Waals surface area contributed by atoms with Crippen molar-refractivity contribution < 1.29 is 23.9 Å². The molecule has 5 atom stereocenters. The standard InChI is InChI=1S/C26H34N2O5/c1-5-15-8-7-9-16(6-2)22(15)27-19(29)13-33-26(32)23(14(3)4)28-24(30)20-17-10-11-18(12-17)21(20)25(28)31/h7-9,14,17-18,20-21,23H,5-6,10-13H2,1-4H3,(H,27,29)/t17-,18-,20-,21-,23-/m0/s1. The van der Waals surface area contributed by atoms with E-state index in [1.165, 1.54) is 0 Å². The Hall–Kier alpha value is -2.70. The molecule has 0 aromatic heterocycles. The molecule has 0 spiro atoms. The van der Waals surface area contributed by atoms with E-state index in [1.54, 1.807) is 13.8 Å². The zero-order valence-corrected chi connectivity index (χ0v) is 19.9. The molecule has 178 valence electrons. The molecule has 1 aromatic carbocycles. The molecule has 1 N–H and O–H groups in total. The Balaban J connectivity index is 1.43. The predicted octanol–water partition coefficient (Wildman–Crippen LogP) is 3.35. The van der Waals surface area contributed by atoms with E-state index in [-0.39, 0.29) is 41.4 Å². The number of nitrogens with one attached hydrogen (secondary N) is 1. The van der Waals surface area contributed by atoms with Gasteiger partial charge >= 0.3 is 5.97 Å². The number of aryl methyl sites for hydroxylation is 2. The summed E-state index contributed by atoms with van der Waals surface area (Å²) in [6, 6.07) is 4.89. The van der Waals surface area contributed by atoms with Crippen LogP contribution >= 0.6 is 0 Å². The summed E-state index contributed by atoms with van der Waals surface area (Å²) in [5, 5.41) is 2.88. The van der Waals surface area contributed by atoms with Crippen LogP contribution in [-0.4, -0.2) is 41.2 Å². The van der Waals surface area contributed by atoms with Crippen LogP contribution in [0.1, 0.15) is 58.1 Å². The summed E-state index contributed by atoms with van der Waals surface area (Å²) in [6.07, 6.45) is 4.43. The molecule has 0 radical (unpaired) electrons. The van der Waals surface area contributed by atoms with Gasteiger partial charge in [0.1, 0.15) is 6.04 Å². The topological polar surface area (TPSA) is 92.8 Å². The van der Waals surface area contributed by atoms with E-state index in [0.717, 1.165) is 53.8 Å². The number of benzene rings is 1. The van der Waals surface area contributed by atoms with Crippen LogP contribution < -0.4 is 5.32 Å². The van der Waals surface area contributed by atoms with Gasteiger partial charge < -0.3 is 10.1 Å². The summed E-state index contributed by atoms with van der Waals surface area (Å²) in [5.41, 5.74) is 2.80. The van der Waals surface area contributed by atoms with E-state index in [9.17, 15) is 19.2 Å². The Labute approximate surface area is 195 Å². The fourth-order valence-corrected chi connectivity index (χ4v) is 6.18. The third-order valence-corrected chi connectivity index (χ3v) is 7.72. The normalized spacial score (nSPS) is 26.6. The Bertz CT molecular complexity index is 921. The molecule has 2 bridgehead atoms. The second-order valence-electron chi connectivity index (χ2n) is 9.93. The highest BCUT2D eigenvalue weighted by molar-refractivity contribution is 6.08. The molecule has 3 aliphatic rings. The van der Waals surface area contributed by atoms with Crippen molar-refractivity contribution in [2.45, 2.75) is 65.8 Å². The zero-order chi connectivity index (χ0) is 23.9.